The molecule has 1 saturated heterocycles. The van der Waals surface area contributed by atoms with Crippen LogP contribution in [0.2, 0.25) is 0 Å². The maximum atomic E-state index is 12.5. The second kappa shape index (κ2) is 6.80. The number of piperazine rings is 1. The molecule has 4 heteroatoms. The minimum Gasteiger partial charge on any atom is -0.348 e. The van der Waals surface area contributed by atoms with Gasteiger partial charge in [0.05, 0.1) is 12.6 Å². The van der Waals surface area contributed by atoms with Crippen molar-refractivity contribution < 1.29 is 4.79 Å². The number of benzene rings is 1. The zero-order chi connectivity index (χ0) is 15.5. The van der Waals surface area contributed by atoms with E-state index in [-0.39, 0.29) is 11.9 Å². The second-order valence-electron chi connectivity index (χ2n) is 6.82. The fourth-order valence-electron chi connectivity index (χ4n) is 3.20. The summed E-state index contributed by atoms with van der Waals surface area (Å²) in [6.45, 7) is 7.68. The van der Waals surface area contributed by atoms with Gasteiger partial charge in [-0.2, -0.15) is 0 Å². The molecule has 22 heavy (non-hydrogen) atoms. The van der Waals surface area contributed by atoms with Crippen LogP contribution in [-0.2, 0) is 4.79 Å². The van der Waals surface area contributed by atoms with Crippen LogP contribution in [0.1, 0.15) is 36.9 Å². The summed E-state index contributed by atoms with van der Waals surface area (Å²) in [4.78, 5) is 14.7. The Morgan fingerprint density at radius 1 is 1.36 bits per heavy atom. The van der Waals surface area contributed by atoms with Crippen molar-refractivity contribution >= 4 is 5.91 Å². The Labute approximate surface area is 133 Å². The largest absolute Gasteiger partial charge is 0.348 e. The molecule has 2 aliphatic rings. The Balaban J connectivity index is 1.61. The summed E-state index contributed by atoms with van der Waals surface area (Å²) in [5, 5.41) is 6.65. The first kappa shape index (κ1) is 15.5. The van der Waals surface area contributed by atoms with E-state index in [1.54, 1.807) is 0 Å². The maximum Gasteiger partial charge on any atom is 0.234 e. The number of amides is 1. The lowest BCUT2D eigenvalue weighted by Crippen LogP contribution is -2.53. The van der Waals surface area contributed by atoms with Crippen LogP contribution in [0.4, 0.5) is 0 Å². The van der Waals surface area contributed by atoms with Crippen molar-refractivity contribution in [2.45, 2.75) is 38.8 Å². The average Bonchev–Trinajstić information content (AvgIpc) is 3.33. The number of carbonyl (C=O) groups excluding carboxylic acids is 1. The van der Waals surface area contributed by atoms with E-state index < -0.39 is 0 Å². The fraction of sp³-hybridized carbons (Fsp3) is 0.611. The van der Waals surface area contributed by atoms with Crippen LogP contribution in [0, 0.1) is 12.8 Å². The fourth-order valence-corrected chi connectivity index (χ4v) is 3.20. The lowest BCUT2D eigenvalue weighted by atomic mass is 10.0. The lowest BCUT2D eigenvalue weighted by Gasteiger charge is -2.33. The van der Waals surface area contributed by atoms with Crippen LogP contribution in [0.25, 0.3) is 0 Å². The van der Waals surface area contributed by atoms with E-state index in [0.717, 1.165) is 19.6 Å². The van der Waals surface area contributed by atoms with Crippen LogP contribution in [-0.4, -0.2) is 43.0 Å². The maximum absolute atomic E-state index is 12.5. The Morgan fingerprint density at radius 3 is 2.73 bits per heavy atom. The molecule has 0 bridgehead atoms. The summed E-state index contributed by atoms with van der Waals surface area (Å²) in [5.41, 5.74) is 2.51. The van der Waals surface area contributed by atoms with Gasteiger partial charge in [0.1, 0.15) is 0 Å². The van der Waals surface area contributed by atoms with Crippen LogP contribution < -0.4 is 10.6 Å². The Morgan fingerprint density at radius 2 is 2.09 bits per heavy atom. The highest BCUT2D eigenvalue weighted by molar-refractivity contribution is 5.78. The molecule has 4 nitrogen and oxygen atoms in total. The predicted octanol–water partition coefficient (Wildman–Crippen LogP) is 1.86. The van der Waals surface area contributed by atoms with Gasteiger partial charge in [-0.15, -0.1) is 0 Å². The Kier molecular flexibility index (Phi) is 4.79. The number of hydrogen-bond acceptors (Lipinski definition) is 3. The molecule has 1 aliphatic heterocycles. The summed E-state index contributed by atoms with van der Waals surface area (Å²) >= 11 is 0. The van der Waals surface area contributed by atoms with E-state index in [4.69, 9.17) is 0 Å². The third-order valence-corrected chi connectivity index (χ3v) is 4.83. The Hall–Kier alpha value is -1.39. The van der Waals surface area contributed by atoms with E-state index >= 15 is 0 Å². The molecule has 0 radical (unpaired) electrons. The highest BCUT2D eigenvalue weighted by Gasteiger charge is 2.33. The third kappa shape index (κ3) is 3.87. The quantitative estimate of drug-likeness (QED) is 0.872. The van der Waals surface area contributed by atoms with Gasteiger partial charge in [-0.25, -0.2) is 0 Å². The van der Waals surface area contributed by atoms with Gasteiger partial charge in [-0.05, 0) is 38.2 Å². The summed E-state index contributed by atoms with van der Waals surface area (Å²) in [6.07, 6.45) is 2.45. The lowest BCUT2D eigenvalue weighted by molar-refractivity contribution is -0.123. The molecule has 1 aromatic rings. The molecule has 1 aromatic carbocycles. The summed E-state index contributed by atoms with van der Waals surface area (Å²) < 4.78 is 0. The highest BCUT2D eigenvalue weighted by atomic mass is 16.2. The van der Waals surface area contributed by atoms with Crippen LogP contribution >= 0.6 is 0 Å². The van der Waals surface area contributed by atoms with Crippen molar-refractivity contribution in [1.29, 1.82) is 0 Å². The van der Waals surface area contributed by atoms with E-state index in [1.807, 2.05) is 0 Å². The van der Waals surface area contributed by atoms with E-state index in [9.17, 15) is 4.79 Å². The summed E-state index contributed by atoms with van der Waals surface area (Å²) in [6, 6.07) is 9.20. The molecule has 1 unspecified atom stereocenters. The second-order valence-corrected chi connectivity index (χ2v) is 6.82. The molecule has 0 spiro atoms. The summed E-state index contributed by atoms with van der Waals surface area (Å²) in [5.74, 6) is 0.776. The van der Waals surface area contributed by atoms with Crippen molar-refractivity contribution in [2.75, 3.05) is 26.2 Å². The smallest absolute Gasteiger partial charge is 0.234 e. The SMILES string of the molecule is Cc1ccc(C(NC(=O)CN2CCNC[C@H]2C)C2CC2)cc1. The van der Waals surface area contributed by atoms with Crippen molar-refractivity contribution in [3.63, 3.8) is 0 Å². The first-order chi connectivity index (χ1) is 10.6. The van der Waals surface area contributed by atoms with Crippen LogP contribution in [0.3, 0.4) is 0 Å². The molecule has 1 amide bonds. The number of nitrogens with zero attached hydrogens (tertiary/aromatic N) is 1. The van der Waals surface area contributed by atoms with Crippen molar-refractivity contribution in [1.82, 2.24) is 15.5 Å². The molecule has 2 atom stereocenters. The number of aryl methyl sites for hydroxylation is 1. The van der Waals surface area contributed by atoms with Gasteiger partial charge in [-0.1, -0.05) is 29.8 Å². The first-order valence-corrected chi connectivity index (χ1v) is 8.44. The molecule has 1 saturated carbocycles. The normalized spacial score (nSPS) is 24.0. The number of nitrogens with one attached hydrogen (secondary N) is 2. The van der Waals surface area contributed by atoms with Gasteiger partial charge >= 0.3 is 0 Å². The van der Waals surface area contributed by atoms with Gasteiger partial charge in [-0.3, -0.25) is 9.69 Å². The predicted molar refractivity (Wildman–Crippen MR) is 88.7 cm³/mol. The molecular weight excluding hydrogens is 274 g/mol. The standard InChI is InChI=1S/C18H27N3O/c1-13-3-5-15(6-4-13)18(16-7-8-16)20-17(22)12-21-10-9-19-11-14(21)2/h3-6,14,16,18-19H,7-12H2,1-2H3,(H,20,22)/t14-,18?/m1/s1. The molecular formula is C18H27N3O. The van der Waals surface area contributed by atoms with Gasteiger partial charge in [0, 0.05) is 25.7 Å². The molecule has 1 heterocycles. The highest BCUT2D eigenvalue weighted by Crippen LogP contribution is 2.41. The third-order valence-electron chi connectivity index (χ3n) is 4.83. The monoisotopic (exact) mass is 301 g/mol. The van der Waals surface area contributed by atoms with Gasteiger partial charge in [0.15, 0.2) is 0 Å². The summed E-state index contributed by atoms with van der Waals surface area (Å²) in [7, 11) is 0. The molecule has 2 N–H and O–H groups in total. The van der Waals surface area contributed by atoms with E-state index in [1.165, 1.54) is 24.0 Å². The molecule has 3 rings (SSSR count). The topological polar surface area (TPSA) is 44.4 Å². The molecule has 2 fully saturated rings. The van der Waals surface area contributed by atoms with Gasteiger partial charge < -0.3 is 10.6 Å². The van der Waals surface area contributed by atoms with E-state index in [0.29, 0.717) is 18.5 Å². The number of rotatable bonds is 5. The average molecular weight is 301 g/mol. The molecule has 120 valence electrons. The van der Waals surface area contributed by atoms with Crippen molar-refractivity contribution in [3.8, 4) is 0 Å². The minimum atomic E-state index is 0.159. The zero-order valence-electron chi connectivity index (χ0n) is 13.6. The van der Waals surface area contributed by atoms with Gasteiger partial charge in [0.2, 0.25) is 5.91 Å². The van der Waals surface area contributed by atoms with Crippen molar-refractivity contribution in [2.24, 2.45) is 5.92 Å². The number of hydrogen-bond donors (Lipinski definition) is 2. The minimum absolute atomic E-state index is 0.159. The number of carbonyl (C=O) groups is 1. The molecule has 1 aliphatic carbocycles. The van der Waals surface area contributed by atoms with Gasteiger partial charge in [0.25, 0.3) is 0 Å². The zero-order valence-corrected chi connectivity index (χ0v) is 13.6. The van der Waals surface area contributed by atoms with Crippen LogP contribution in [0.5, 0.6) is 0 Å². The Bertz CT molecular complexity index is 510. The van der Waals surface area contributed by atoms with E-state index in [2.05, 4.69) is 53.6 Å². The van der Waals surface area contributed by atoms with Crippen LogP contribution in [0.15, 0.2) is 24.3 Å². The molecule has 0 aromatic heterocycles. The van der Waals surface area contributed by atoms with Crippen molar-refractivity contribution in [3.05, 3.63) is 35.4 Å². The first-order valence-electron chi connectivity index (χ1n) is 8.44.